The van der Waals surface area contributed by atoms with Gasteiger partial charge in [0.05, 0.1) is 31.0 Å². The molecule has 0 saturated carbocycles. The van der Waals surface area contributed by atoms with E-state index in [4.69, 9.17) is 10.00 Å². The molecule has 0 radical (unpaired) electrons. The second-order valence-electron chi connectivity index (χ2n) is 3.83. The van der Waals surface area contributed by atoms with Gasteiger partial charge in [-0.1, -0.05) is 17.3 Å². The van der Waals surface area contributed by atoms with Crippen LogP contribution in [-0.2, 0) is 11.3 Å². The Morgan fingerprint density at radius 1 is 1.42 bits per heavy atom. The molecule has 2 aromatic rings. The summed E-state index contributed by atoms with van der Waals surface area (Å²) in [4.78, 5) is 11.4. The van der Waals surface area contributed by atoms with Gasteiger partial charge in [0, 0.05) is 0 Å². The van der Waals surface area contributed by atoms with Gasteiger partial charge in [0.2, 0.25) is 0 Å². The molecule has 0 fully saturated rings. The summed E-state index contributed by atoms with van der Waals surface area (Å²) in [5.41, 5.74) is 1.77. The van der Waals surface area contributed by atoms with Crippen molar-refractivity contribution in [3.05, 3.63) is 47.3 Å². The highest BCUT2D eigenvalue weighted by Gasteiger charge is 2.11. The van der Waals surface area contributed by atoms with Crippen LogP contribution in [-0.4, -0.2) is 27.6 Å². The molecule has 0 bridgehead atoms. The lowest BCUT2D eigenvalue weighted by Gasteiger charge is -2.00. The quantitative estimate of drug-likeness (QED) is 0.772. The number of benzene rings is 1. The number of nitriles is 1. The molecule has 6 heteroatoms. The van der Waals surface area contributed by atoms with E-state index < -0.39 is 5.97 Å². The van der Waals surface area contributed by atoms with Crippen molar-refractivity contribution in [3.8, 4) is 6.07 Å². The zero-order valence-corrected chi connectivity index (χ0v) is 10.4. The van der Waals surface area contributed by atoms with Gasteiger partial charge in [-0.15, -0.1) is 5.10 Å². The predicted molar refractivity (Wildman–Crippen MR) is 66.2 cm³/mol. The fraction of sp³-hybridized carbons (Fsp3) is 0.231. The Kier molecular flexibility index (Phi) is 3.88. The lowest BCUT2D eigenvalue weighted by atomic mass is 10.1. The second kappa shape index (κ2) is 5.78. The van der Waals surface area contributed by atoms with E-state index >= 15 is 0 Å². The van der Waals surface area contributed by atoms with Crippen molar-refractivity contribution in [2.75, 3.05) is 6.61 Å². The third kappa shape index (κ3) is 3.16. The Morgan fingerprint density at radius 2 is 2.16 bits per heavy atom. The van der Waals surface area contributed by atoms with Crippen molar-refractivity contribution < 1.29 is 9.53 Å². The number of carbonyl (C=O) groups excluding carboxylic acids is 1. The first-order chi connectivity index (χ1) is 9.22. The van der Waals surface area contributed by atoms with Gasteiger partial charge in [0.15, 0.2) is 5.69 Å². The van der Waals surface area contributed by atoms with Gasteiger partial charge in [-0.05, 0) is 24.6 Å². The van der Waals surface area contributed by atoms with Crippen LogP contribution >= 0.6 is 0 Å². The van der Waals surface area contributed by atoms with E-state index in [0.29, 0.717) is 18.7 Å². The van der Waals surface area contributed by atoms with E-state index in [2.05, 4.69) is 16.4 Å². The zero-order chi connectivity index (χ0) is 13.7. The molecule has 1 heterocycles. The minimum atomic E-state index is -0.478. The van der Waals surface area contributed by atoms with Gasteiger partial charge < -0.3 is 4.74 Å². The first-order valence-corrected chi connectivity index (χ1v) is 5.79. The van der Waals surface area contributed by atoms with Gasteiger partial charge in [-0.25, -0.2) is 9.48 Å². The molecule has 2 rings (SSSR count). The lowest BCUT2D eigenvalue weighted by Crippen LogP contribution is -2.05. The van der Waals surface area contributed by atoms with Gasteiger partial charge in [-0.2, -0.15) is 5.26 Å². The summed E-state index contributed by atoms with van der Waals surface area (Å²) in [7, 11) is 0. The highest BCUT2D eigenvalue weighted by Crippen LogP contribution is 2.06. The molecule has 0 aliphatic carbocycles. The Balaban J connectivity index is 2.07. The Labute approximate surface area is 110 Å². The fourth-order valence-electron chi connectivity index (χ4n) is 1.55. The normalized spacial score (nSPS) is 9.89. The van der Waals surface area contributed by atoms with Crippen LogP contribution in [0.3, 0.4) is 0 Å². The zero-order valence-electron chi connectivity index (χ0n) is 10.4. The number of carbonyl (C=O) groups is 1. The van der Waals surface area contributed by atoms with Crippen molar-refractivity contribution in [1.82, 2.24) is 15.0 Å². The van der Waals surface area contributed by atoms with Crippen LogP contribution in [0.4, 0.5) is 0 Å². The molecule has 1 aromatic carbocycles. The second-order valence-corrected chi connectivity index (χ2v) is 3.83. The average Bonchev–Trinajstić information content (AvgIpc) is 2.88. The van der Waals surface area contributed by atoms with E-state index in [9.17, 15) is 4.79 Å². The van der Waals surface area contributed by atoms with Crippen molar-refractivity contribution in [3.63, 3.8) is 0 Å². The summed E-state index contributed by atoms with van der Waals surface area (Å²) < 4.78 is 6.38. The first-order valence-electron chi connectivity index (χ1n) is 5.79. The van der Waals surface area contributed by atoms with E-state index in [1.165, 1.54) is 6.20 Å². The molecule has 0 unspecified atom stereocenters. The minimum absolute atomic E-state index is 0.190. The maximum Gasteiger partial charge on any atom is 0.360 e. The molecule has 96 valence electrons. The monoisotopic (exact) mass is 256 g/mol. The molecule has 6 nitrogen and oxygen atoms in total. The molecule has 0 amide bonds. The molecule has 1 aromatic heterocycles. The number of esters is 1. The number of hydrogen-bond donors (Lipinski definition) is 0. The summed E-state index contributed by atoms with van der Waals surface area (Å²) in [6, 6.07) is 9.20. The van der Waals surface area contributed by atoms with E-state index in [0.717, 1.165) is 5.56 Å². The van der Waals surface area contributed by atoms with Crippen molar-refractivity contribution in [1.29, 1.82) is 5.26 Å². The molecule has 0 aliphatic heterocycles. The Morgan fingerprint density at radius 3 is 2.79 bits per heavy atom. The number of hydrogen-bond acceptors (Lipinski definition) is 5. The molecular formula is C13H12N4O2. The van der Waals surface area contributed by atoms with Crippen LogP contribution in [0.15, 0.2) is 30.5 Å². The van der Waals surface area contributed by atoms with Crippen molar-refractivity contribution in [2.24, 2.45) is 0 Å². The topological polar surface area (TPSA) is 80.8 Å². The van der Waals surface area contributed by atoms with Crippen LogP contribution in [0, 0.1) is 11.3 Å². The summed E-state index contributed by atoms with van der Waals surface area (Å²) >= 11 is 0. The molecule has 0 saturated heterocycles. The van der Waals surface area contributed by atoms with Crippen LogP contribution in [0.1, 0.15) is 28.5 Å². The molecule has 0 N–H and O–H groups in total. The molecule has 0 aliphatic rings. The standard InChI is InChI=1S/C13H12N4O2/c1-2-19-13(18)12-9-17(16-15-12)8-11-5-3-10(7-14)4-6-11/h3-6,9H,2,8H2,1H3. The van der Waals surface area contributed by atoms with Gasteiger partial charge >= 0.3 is 5.97 Å². The van der Waals surface area contributed by atoms with E-state index in [-0.39, 0.29) is 5.69 Å². The van der Waals surface area contributed by atoms with Crippen LogP contribution in [0.2, 0.25) is 0 Å². The SMILES string of the molecule is CCOC(=O)c1cn(Cc2ccc(C#N)cc2)nn1. The van der Waals surface area contributed by atoms with Crippen LogP contribution in [0.5, 0.6) is 0 Å². The lowest BCUT2D eigenvalue weighted by molar-refractivity contribution is 0.0519. The van der Waals surface area contributed by atoms with Crippen molar-refractivity contribution in [2.45, 2.75) is 13.5 Å². The van der Waals surface area contributed by atoms with E-state index in [1.54, 1.807) is 23.7 Å². The first kappa shape index (κ1) is 12.8. The highest BCUT2D eigenvalue weighted by molar-refractivity contribution is 5.86. The van der Waals surface area contributed by atoms with E-state index in [1.807, 2.05) is 12.1 Å². The van der Waals surface area contributed by atoms with Crippen molar-refractivity contribution >= 4 is 5.97 Å². The fourth-order valence-corrected chi connectivity index (χ4v) is 1.55. The number of nitrogens with zero attached hydrogens (tertiary/aromatic N) is 4. The maximum atomic E-state index is 11.4. The third-order valence-corrected chi connectivity index (χ3v) is 2.45. The molecule has 19 heavy (non-hydrogen) atoms. The van der Waals surface area contributed by atoms with Crippen LogP contribution < -0.4 is 0 Å². The highest BCUT2D eigenvalue weighted by atomic mass is 16.5. The smallest absolute Gasteiger partial charge is 0.360 e. The van der Waals surface area contributed by atoms with Gasteiger partial charge in [0.25, 0.3) is 0 Å². The summed E-state index contributed by atoms with van der Waals surface area (Å²) in [6.07, 6.45) is 1.54. The Bertz CT molecular complexity index is 610. The third-order valence-electron chi connectivity index (χ3n) is 2.45. The summed E-state index contributed by atoms with van der Waals surface area (Å²) in [5, 5.41) is 16.3. The largest absolute Gasteiger partial charge is 0.461 e. The molecule has 0 atom stereocenters. The van der Waals surface area contributed by atoms with Crippen LogP contribution in [0.25, 0.3) is 0 Å². The summed E-state index contributed by atoms with van der Waals surface area (Å²) in [6.45, 7) is 2.53. The predicted octanol–water partition coefficient (Wildman–Crippen LogP) is 1.37. The van der Waals surface area contributed by atoms with Gasteiger partial charge in [0.1, 0.15) is 0 Å². The average molecular weight is 256 g/mol. The summed E-state index contributed by atoms with van der Waals surface area (Å²) in [5.74, 6) is -0.478. The minimum Gasteiger partial charge on any atom is -0.461 e. The Hall–Kier alpha value is -2.68. The number of aromatic nitrogens is 3. The number of ether oxygens (including phenoxy) is 1. The maximum absolute atomic E-state index is 11.4. The number of rotatable bonds is 4. The molecule has 0 spiro atoms. The van der Waals surface area contributed by atoms with Gasteiger partial charge in [-0.3, -0.25) is 0 Å². The molecular weight excluding hydrogens is 244 g/mol.